The van der Waals surface area contributed by atoms with E-state index in [9.17, 15) is 8.42 Å². The molecular weight excluding hydrogens is 384 g/mol. The number of aromatic nitrogens is 2. The molecule has 0 fully saturated rings. The molecule has 29 heavy (non-hydrogen) atoms. The van der Waals surface area contributed by atoms with Crippen LogP contribution >= 0.6 is 0 Å². The third-order valence-electron chi connectivity index (χ3n) is 4.55. The Bertz CT molecular complexity index is 1340. The highest BCUT2D eigenvalue weighted by Gasteiger charge is 2.23. The van der Waals surface area contributed by atoms with Gasteiger partial charge in [0.05, 0.1) is 11.5 Å². The normalized spacial score (nSPS) is 11.2. The van der Waals surface area contributed by atoms with Crippen LogP contribution in [0.5, 0.6) is 0 Å². The number of hydrogen-bond donors (Lipinski definition) is 1. The second-order valence-corrected chi connectivity index (χ2v) is 8.42. The van der Waals surface area contributed by atoms with Crippen LogP contribution in [-0.4, -0.2) is 22.5 Å². The van der Waals surface area contributed by atoms with E-state index in [-0.39, 0.29) is 11.5 Å². The van der Waals surface area contributed by atoms with Gasteiger partial charge >= 0.3 is 0 Å². The molecule has 0 unspecified atom stereocenters. The maximum absolute atomic E-state index is 13.4. The van der Waals surface area contributed by atoms with Gasteiger partial charge in [-0.3, -0.25) is 0 Å². The monoisotopic (exact) mass is 402 g/mol. The number of aryl methyl sites for hydroxylation is 1. The van der Waals surface area contributed by atoms with Gasteiger partial charge in [-0.2, -0.15) is 0 Å². The summed E-state index contributed by atoms with van der Waals surface area (Å²) in [4.78, 5) is 4.46. The highest BCUT2D eigenvalue weighted by Crippen LogP contribution is 2.24. The third kappa shape index (κ3) is 3.66. The Labute approximate surface area is 169 Å². The van der Waals surface area contributed by atoms with Gasteiger partial charge in [0.25, 0.3) is 10.0 Å². The zero-order valence-corrected chi connectivity index (χ0v) is 16.5. The fourth-order valence-electron chi connectivity index (χ4n) is 2.99. The van der Waals surface area contributed by atoms with Gasteiger partial charge in [0.1, 0.15) is 5.69 Å². The van der Waals surface area contributed by atoms with Crippen molar-refractivity contribution in [1.29, 1.82) is 0 Å². The molecular formula is C23H18N2O3S. The number of fused-ring (bicyclic) bond motifs is 1. The summed E-state index contributed by atoms with van der Waals surface area (Å²) in [5.74, 6) is 5.98. The van der Waals surface area contributed by atoms with Crippen molar-refractivity contribution in [2.45, 2.75) is 18.4 Å². The molecule has 0 amide bonds. The Kier molecular flexibility index (Phi) is 4.93. The lowest BCUT2D eigenvalue weighted by Gasteiger charge is -2.09. The summed E-state index contributed by atoms with van der Waals surface area (Å²) < 4.78 is 27.9. The molecule has 6 heteroatoms. The maximum Gasteiger partial charge on any atom is 0.270 e. The van der Waals surface area contributed by atoms with Crippen LogP contribution in [0.25, 0.3) is 11.0 Å². The highest BCUT2D eigenvalue weighted by molar-refractivity contribution is 7.90. The van der Waals surface area contributed by atoms with E-state index in [0.717, 1.165) is 16.7 Å². The molecule has 2 aromatic heterocycles. The summed E-state index contributed by atoms with van der Waals surface area (Å²) in [7, 11) is -3.87. The fourth-order valence-corrected chi connectivity index (χ4v) is 4.42. The highest BCUT2D eigenvalue weighted by atomic mass is 32.2. The number of pyridine rings is 1. The van der Waals surface area contributed by atoms with Crippen molar-refractivity contribution in [2.24, 2.45) is 0 Å². The smallest absolute Gasteiger partial charge is 0.270 e. The minimum Gasteiger partial charge on any atom is -0.392 e. The molecule has 0 saturated carbocycles. The number of nitrogens with zero attached hydrogens (tertiary/aromatic N) is 2. The third-order valence-corrected chi connectivity index (χ3v) is 6.27. The van der Waals surface area contributed by atoms with Gasteiger partial charge in [-0.05, 0) is 60.9 Å². The first-order chi connectivity index (χ1) is 14.0. The molecule has 4 aromatic rings. The molecule has 0 aliphatic carbocycles. The minimum atomic E-state index is -3.87. The van der Waals surface area contributed by atoms with E-state index in [1.54, 1.807) is 66.9 Å². The lowest BCUT2D eigenvalue weighted by atomic mass is 10.1. The van der Waals surface area contributed by atoms with E-state index in [4.69, 9.17) is 5.11 Å². The van der Waals surface area contributed by atoms with E-state index < -0.39 is 10.0 Å². The molecule has 2 aromatic carbocycles. The van der Waals surface area contributed by atoms with Gasteiger partial charge in [0, 0.05) is 17.1 Å². The molecule has 0 atom stereocenters. The van der Waals surface area contributed by atoms with Crippen molar-refractivity contribution in [3.63, 3.8) is 0 Å². The first kappa shape index (κ1) is 18.9. The van der Waals surface area contributed by atoms with Gasteiger partial charge in [0.2, 0.25) is 0 Å². The molecule has 144 valence electrons. The van der Waals surface area contributed by atoms with Crippen molar-refractivity contribution in [3.8, 4) is 11.8 Å². The maximum atomic E-state index is 13.4. The van der Waals surface area contributed by atoms with Crippen LogP contribution in [0.2, 0.25) is 0 Å². The first-order valence-electron chi connectivity index (χ1n) is 8.99. The topological polar surface area (TPSA) is 72.2 Å². The summed E-state index contributed by atoms with van der Waals surface area (Å²) in [6, 6.07) is 19.1. The molecule has 0 aliphatic rings. The number of hydrogen-bond acceptors (Lipinski definition) is 4. The zero-order valence-electron chi connectivity index (χ0n) is 15.7. The standard InChI is InChI=1S/C23H18N2O3S/c1-17-4-12-22(13-5-17)29(27,28)25-21(15-20-3-2-14-24-23(20)25)11-10-18-6-8-19(16-26)9-7-18/h2-9,12-15,26H,16H2,1H3. The van der Waals surface area contributed by atoms with E-state index in [0.29, 0.717) is 16.7 Å². The van der Waals surface area contributed by atoms with Gasteiger partial charge in [-0.25, -0.2) is 17.4 Å². The average molecular weight is 402 g/mol. The molecule has 0 saturated heterocycles. The lowest BCUT2D eigenvalue weighted by molar-refractivity contribution is 0.282. The van der Waals surface area contributed by atoms with Crippen LogP contribution in [0.4, 0.5) is 0 Å². The predicted octanol–water partition coefficient (Wildman–Crippen LogP) is 3.47. The molecule has 1 N–H and O–H groups in total. The minimum absolute atomic E-state index is 0.0393. The average Bonchev–Trinajstić information content (AvgIpc) is 3.12. The summed E-state index contributed by atoms with van der Waals surface area (Å²) in [6.45, 7) is 1.87. The quantitative estimate of drug-likeness (QED) is 0.533. The Morgan fingerprint density at radius 1 is 1.00 bits per heavy atom. The van der Waals surface area contributed by atoms with E-state index in [2.05, 4.69) is 16.8 Å². The van der Waals surface area contributed by atoms with Crippen molar-refractivity contribution in [2.75, 3.05) is 0 Å². The van der Waals surface area contributed by atoms with E-state index in [1.165, 1.54) is 3.97 Å². The molecule has 2 heterocycles. The van der Waals surface area contributed by atoms with Crippen molar-refractivity contribution >= 4 is 21.1 Å². The van der Waals surface area contributed by atoms with Crippen LogP contribution in [0.1, 0.15) is 22.4 Å². The van der Waals surface area contributed by atoms with E-state index in [1.807, 2.05) is 13.0 Å². The molecule has 4 rings (SSSR count). The summed E-state index contributed by atoms with van der Waals surface area (Å²) >= 11 is 0. The number of aliphatic hydroxyl groups is 1. The molecule has 0 aliphatic heterocycles. The number of benzene rings is 2. The Morgan fingerprint density at radius 3 is 2.41 bits per heavy atom. The zero-order chi connectivity index (χ0) is 20.4. The van der Waals surface area contributed by atoms with Gasteiger partial charge in [-0.15, -0.1) is 0 Å². The SMILES string of the molecule is Cc1ccc(S(=O)(=O)n2c(C#Cc3ccc(CO)cc3)cc3cccnc32)cc1. The molecule has 0 radical (unpaired) electrons. The fraction of sp³-hybridized carbons (Fsp3) is 0.0870. The van der Waals surface area contributed by atoms with Crippen molar-refractivity contribution < 1.29 is 13.5 Å². The molecule has 0 spiro atoms. The van der Waals surface area contributed by atoms with Crippen LogP contribution in [-0.2, 0) is 16.6 Å². The van der Waals surface area contributed by atoms with Crippen molar-refractivity contribution in [1.82, 2.24) is 8.96 Å². The second-order valence-electron chi connectivity index (χ2n) is 6.63. The summed E-state index contributed by atoms with van der Waals surface area (Å²) in [6.07, 6.45) is 1.56. The number of aliphatic hydroxyl groups excluding tert-OH is 1. The van der Waals surface area contributed by atoms with Gasteiger partial charge in [0.15, 0.2) is 5.65 Å². The Morgan fingerprint density at radius 2 is 1.72 bits per heavy atom. The van der Waals surface area contributed by atoms with Crippen LogP contribution < -0.4 is 0 Å². The molecule has 0 bridgehead atoms. The molecule has 5 nitrogen and oxygen atoms in total. The largest absolute Gasteiger partial charge is 0.392 e. The van der Waals surface area contributed by atoms with Crippen LogP contribution in [0.3, 0.4) is 0 Å². The van der Waals surface area contributed by atoms with Crippen LogP contribution in [0.15, 0.2) is 77.8 Å². The summed E-state index contributed by atoms with van der Waals surface area (Å²) in [5.41, 5.74) is 3.17. The summed E-state index contributed by atoms with van der Waals surface area (Å²) in [5, 5.41) is 9.85. The van der Waals surface area contributed by atoms with Gasteiger partial charge < -0.3 is 5.11 Å². The van der Waals surface area contributed by atoms with Gasteiger partial charge in [-0.1, -0.05) is 35.7 Å². The second kappa shape index (κ2) is 7.55. The lowest BCUT2D eigenvalue weighted by Crippen LogP contribution is -2.15. The first-order valence-corrected chi connectivity index (χ1v) is 10.4. The Hall–Kier alpha value is -3.40. The Balaban J connectivity index is 1.87. The van der Waals surface area contributed by atoms with Crippen molar-refractivity contribution in [3.05, 3.63) is 95.3 Å². The predicted molar refractivity (Wildman–Crippen MR) is 112 cm³/mol. The van der Waals surface area contributed by atoms with E-state index >= 15 is 0 Å². The van der Waals surface area contributed by atoms with Crippen LogP contribution in [0, 0.1) is 18.8 Å². The number of rotatable bonds is 3.